The zero-order valence-electron chi connectivity index (χ0n) is 18.8. The van der Waals surface area contributed by atoms with Crippen molar-refractivity contribution in [3.05, 3.63) is 66.0 Å². The number of anilines is 2. The van der Waals surface area contributed by atoms with Gasteiger partial charge in [-0.25, -0.2) is 9.97 Å². The summed E-state index contributed by atoms with van der Waals surface area (Å²) in [6, 6.07) is 12.8. The number of nitrogens with one attached hydrogen (secondary N) is 2. The quantitative estimate of drug-likeness (QED) is 0.445. The first-order valence-corrected chi connectivity index (χ1v) is 11.1. The average molecular weight is 442 g/mol. The summed E-state index contributed by atoms with van der Waals surface area (Å²) >= 11 is 0. The monoisotopic (exact) mass is 441 g/mol. The lowest BCUT2D eigenvalue weighted by molar-refractivity contribution is 0.102. The summed E-state index contributed by atoms with van der Waals surface area (Å²) in [6.45, 7) is 6.14. The Labute approximate surface area is 192 Å². The standard InChI is InChI=1S/C25H27N7O/c1-16-14-29-23(26)20-21(31-32(22(16)20)25(2)11-5-12-27-15-25)17-7-9-18(10-8-17)24(33)30-19-6-3-4-13-28-19/h3-4,6-10,13-14,27H,5,11-12,15H2,1-2H3,(H2,26,29)(H,28,30,33)/t25-/m1/s1. The van der Waals surface area contributed by atoms with Gasteiger partial charge in [-0.15, -0.1) is 0 Å². The van der Waals surface area contributed by atoms with Crippen LogP contribution >= 0.6 is 0 Å². The number of aryl methyl sites for hydroxylation is 1. The van der Waals surface area contributed by atoms with Gasteiger partial charge in [-0.05, 0) is 63.1 Å². The Morgan fingerprint density at radius 1 is 1.18 bits per heavy atom. The molecule has 0 bridgehead atoms. The van der Waals surface area contributed by atoms with E-state index in [9.17, 15) is 4.79 Å². The first-order valence-electron chi connectivity index (χ1n) is 11.1. The number of hydrogen-bond donors (Lipinski definition) is 3. The van der Waals surface area contributed by atoms with E-state index in [-0.39, 0.29) is 11.4 Å². The third-order valence-electron chi connectivity index (χ3n) is 6.33. The number of piperidine rings is 1. The van der Waals surface area contributed by atoms with Gasteiger partial charge in [0.2, 0.25) is 0 Å². The molecule has 4 N–H and O–H groups in total. The number of nitrogens with zero attached hydrogens (tertiary/aromatic N) is 4. The molecule has 4 heterocycles. The Hall–Kier alpha value is -3.78. The van der Waals surface area contributed by atoms with Crippen LogP contribution in [0.15, 0.2) is 54.9 Å². The first kappa shape index (κ1) is 21.1. The molecule has 1 aliphatic heterocycles. The first-order chi connectivity index (χ1) is 16.0. The Balaban J connectivity index is 1.55. The maximum Gasteiger partial charge on any atom is 0.256 e. The lowest BCUT2D eigenvalue weighted by atomic mass is 9.92. The van der Waals surface area contributed by atoms with Gasteiger partial charge in [0.1, 0.15) is 17.3 Å². The zero-order chi connectivity index (χ0) is 23.0. The fraction of sp³-hybridized carbons (Fsp3) is 0.280. The summed E-state index contributed by atoms with van der Waals surface area (Å²) in [7, 11) is 0. The van der Waals surface area contributed by atoms with E-state index in [1.165, 1.54) is 0 Å². The molecular weight excluding hydrogens is 414 g/mol. The summed E-state index contributed by atoms with van der Waals surface area (Å²) in [4.78, 5) is 21.2. The number of carbonyl (C=O) groups excluding carboxylic acids is 1. The number of amides is 1. The number of pyridine rings is 2. The predicted octanol–water partition coefficient (Wildman–Crippen LogP) is 3.73. The van der Waals surface area contributed by atoms with Gasteiger partial charge in [0.15, 0.2) is 0 Å². The molecule has 33 heavy (non-hydrogen) atoms. The van der Waals surface area contributed by atoms with Crippen molar-refractivity contribution in [2.45, 2.75) is 32.2 Å². The van der Waals surface area contributed by atoms with Gasteiger partial charge in [-0.2, -0.15) is 5.10 Å². The lowest BCUT2D eigenvalue weighted by Gasteiger charge is -2.35. The molecule has 3 aromatic heterocycles. The van der Waals surface area contributed by atoms with Crippen molar-refractivity contribution in [3.8, 4) is 11.3 Å². The number of nitrogens with two attached hydrogens (primary N) is 1. The molecule has 4 aromatic rings. The number of benzene rings is 1. The molecule has 5 rings (SSSR count). The van der Waals surface area contributed by atoms with E-state index in [2.05, 4.69) is 32.2 Å². The number of carbonyl (C=O) groups is 1. The van der Waals surface area contributed by atoms with Crippen LogP contribution in [0, 0.1) is 6.92 Å². The van der Waals surface area contributed by atoms with Gasteiger partial charge in [-0.3, -0.25) is 9.48 Å². The van der Waals surface area contributed by atoms with Crippen LogP contribution < -0.4 is 16.4 Å². The van der Waals surface area contributed by atoms with E-state index in [1.807, 2.05) is 31.3 Å². The minimum atomic E-state index is -0.214. The molecule has 0 aliphatic carbocycles. The third kappa shape index (κ3) is 3.82. The molecule has 1 fully saturated rings. The van der Waals surface area contributed by atoms with Gasteiger partial charge in [0.05, 0.1) is 16.4 Å². The van der Waals surface area contributed by atoms with Crippen LogP contribution in [0.2, 0.25) is 0 Å². The second-order valence-corrected chi connectivity index (χ2v) is 8.83. The maximum absolute atomic E-state index is 12.6. The molecule has 1 aromatic carbocycles. The number of aromatic nitrogens is 4. The Bertz CT molecular complexity index is 1310. The molecule has 0 unspecified atom stereocenters. The van der Waals surface area contributed by atoms with Gasteiger partial charge in [0, 0.05) is 30.1 Å². The Kier molecular flexibility index (Phi) is 5.30. The molecular formula is C25H27N7O. The van der Waals surface area contributed by atoms with Gasteiger partial charge in [0.25, 0.3) is 5.91 Å². The second kappa shape index (κ2) is 8.29. The highest BCUT2D eigenvalue weighted by Crippen LogP contribution is 2.37. The molecule has 168 valence electrons. The van der Waals surface area contributed by atoms with Crippen LogP contribution in [0.4, 0.5) is 11.6 Å². The number of rotatable bonds is 4. The number of nitrogen functional groups attached to an aromatic ring is 1. The third-order valence-corrected chi connectivity index (χ3v) is 6.33. The highest BCUT2D eigenvalue weighted by Gasteiger charge is 2.33. The lowest BCUT2D eigenvalue weighted by Crippen LogP contribution is -2.46. The second-order valence-electron chi connectivity index (χ2n) is 8.83. The van der Waals surface area contributed by atoms with Crippen molar-refractivity contribution in [2.24, 2.45) is 0 Å². The summed E-state index contributed by atoms with van der Waals surface area (Å²) in [5.74, 6) is 0.759. The van der Waals surface area contributed by atoms with Crippen LogP contribution in [0.25, 0.3) is 22.2 Å². The molecule has 1 amide bonds. The van der Waals surface area contributed by atoms with Crippen molar-refractivity contribution in [1.82, 2.24) is 25.1 Å². The Morgan fingerprint density at radius 3 is 2.70 bits per heavy atom. The molecule has 1 saturated heterocycles. The zero-order valence-corrected chi connectivity index (χ0v) is 18.8. The highest BCUT2D eigenvalue weighted by atomic mass is 16.1. The van der Waals surface area contributed by atoms with E-state index in [0.29, 0.717) is 17.2 Å². The normalized spacial score (nSPS) is 18.4. The van der Waals surface area contributed by atoms with Gasteiger partial charge >= 0.3 is 0 Å². The van der Waals surface area contributed by atoms with E-state index < -0.39 is 0 Å². The van der Waals surface area contributed by atoms with Crippen molar-refractivity contribution in [1.29, 1.82) is 0 Å². The van der Waals surface area contributed by atoms with Crippen LogP contribution in [-0.4, -0.2) is 38.7 Å². The minimum Gasteiger partial charge on any atom is -0.383 e. The molecule has 0 spiro atoms. The van der Waals surface area contributed by atoms with Crippen LogP contribution in [0.3, 0.4) is 0 Å². The topological polar surface area (TPSA) is 111 Å². The van der Waals surface area contributed by atoms with Crippen LogP contribution in [-0.2, 0) is 5.54 Å². The number of fused-ring (bicyclic) bond motifs is 1. The average Bonchev–Trinajstić information content (AvgIpc) is 3.26. The Morgan fingerprint density at radius 2 is 2.00 bits per heavy atom. The predicted molar refractivity (Wildman–Crippen MR) is 130 cm³/mol. The molecule has 0 radical (unpaired) electrons. The SMILES string of the molecule is Cc1cnc(N)c2c(-c3ccc(C(=O)Nc4ccccn4)cc3)nn([C@]3(C)CCCNC3)c12. The van der Waals surface area contributed by atoms with E-state index >= 15 is 0 Å². The van der Waals surface area contributed by atoms with Crippen molar-refractivity contribution in [2.75, 3.05) is 24.1 Å². The summed E-state index contributed by atoms with van der Waals surface area (Å²) in [6.07, 6.45) is 5.57. The van der Waals surface area contributed by atoms with Crippen molar-refractivity contribution >= 4 is 28.4 Å². The summed E-state index contributed by atoms with van der Waals surface area (Å²) in [5, 5.41) is 12.2. The summed E-state index contributed by atoms with van der Waals surface area (Å²) < 4.78 is 2.12. The molecule has 8 nitrogen and oxygen atoms in total. The molecule has 8 heteroatoms. The van der Waals surface area contributed by atoms with Crippen LogP contribution in [0.1, 0.15) is 35.7 Å². The largest absolute Gasteiger partial charge is 0.383 e. The fourth-order valence-corrected chi connectivity index (χ4v) is 4.54. The summed E-state index contributed by atoms with van der Waals surface area (Å²) in [5.41, 5.74) is 10.5. The number of hydrogen-bond acceptors (Lipinski definition) is 6. The minimum absolute atomic E-state index is 0.157. The van der Waals surface area contributed by atoms with Gasteiger partial charge < -0.3 is 16.4 Å². The van der Waals surface area contributed by atoms with E-state index in [4.69, 9.17) is 10.8 Å². The smallest absolute Gasteiger partial charge is 0.256 e. The molecule has 1 atom stereocenters. The van der Waals surface area contributed by atoms with Crippen molar-refractivity contribution < 1.29 is 4.79 Å². The van der Waals surface area contributed by atoms with Crippen molar-refractivity contribution in [3.63, 3.8) is 0 Å². The maximum atomic E-state index is 12.6. The fourth-order valence-electron chi connectivity index (χ4n) is 4.54. The molecule has 1 aliphatic rings. The van der Waals surface area contributed by atoms with Crippen LogP contribution in [0.5, 0.6) is 0 Å². The van der Waals surface area contributed by atoms with Gasteiger partial charge in [-0.1, -0.05) is 18.2 Å². The van der Waals surface area contributed by atoms with E-state index in [0.717, 1.165) is 53.7 Å². The highest BCUT2D eigenvalue weighted by molar-refractivity contribution is 6.05. The van der Waals surface area contributed by atoms with E-state index in [1.54, 1.807) is 30.5 Å². The molecule has 0 saturated carbocycles.